The molecule has 0 aliphatic heterocycles. The van der Waals surface area contributed by atoms with Crippen molar-refractivity contribution in [2.24, 2.45) is 0 Å². The van der Waals surface area contributed by atoms with Crippen LogP contribution in [0.2, 0.25) is 0 Å². The molecule has 230 valence electrons. The third kappa shape index (κ3) is 21.6. The molecule has 0 spiro atoms. The van der Waals surface area contributed by atoms with E-state index in [1.54, 1.807) is 5.82 Å². The van der Waals surface area contributed by atoms with Crippen LogP contribution in [0.3, 0.4) is 0 Å². The third-order valence-electron chi connectivity index (χ3n) is 8.94. The average molecular weight is 546 g/mol. The van der Waals surface area contributed by atoms with Crippen molar-refractivity contribution < 1.29 is 4.57 Å². The highest BCUT2D eigenvalue weighted by Crippen LogP contribution is 2.15. The number of aromatic nitrogens is 2. The predicted molar refractivity (Wildman–Crippen MR) is 175 cm³/mol. The molecule has 0 atom stereocenters. The summed E-state index contributed by atoms with van der Waals surface area (Å²) in [5.41, 5.74) is 0. The van der Waals surface area contributed by atoms with Gasteiger partial charge in [0.25, 0.3) is 5.82 Å². The monoisotopic (exact) mass is 546 g/mol. The molecule has 0 aromatic carbocycles. The Hall–Kier alpha value is -0.790. The Morgan fingerprint density at radius 2 is 0.769 bits per heavy atom. The standard InChI is InChI=1S/C37H73N2/c1-4-7-9-11-13-15-17-18-19-20-21-22-24-26-28-30-32-34-39-36-35-38(6-3)37(39)33-31-29-27-25-23-16-14-12-10-8-5-2/h35-36H,4-34H2,1-3H3/q+1. The number of nitrogens with zero attached hydrogens (tertiary/aromatic N) is 2. The van der Waals surface area contributed by atoms with Crippen molar-refractivity contribution in [3.05, 3.63) is 18.2 Å². The highest BCUT2D eigenvalue weighted by Gasteiger charge is 2.15. The van der Waals surface area contributed by atoms with Gasteiger partial charge in [0.05, 0.1) is 13.1 Å². The molecule has 1 rings (SSSR count). The fraction of sp³-hybridized carbons (Fsp3) is 0.919. The zero-order valence-corrected chi connectivity index (χ0v) is 27.5. The van der Waals surface area contributed by atoms with Crippen LogP contribution in [-0.2, 0) is 19.5 Å². The Balaban J connectivity index is 1.97. The normalized spacial score (nSPS) is 11.6. The van der Waals surface area contributed by atoms with E-state index < -0.39 is 0 Å². The van der Waals surface area contributed by atoms with Gasteiger partial charge < -0.3 is 0 Å². The van der Waals surface area contributed by atoms with Gasteiger partial charge in [-0.05, 0) is 26.2 Å². The summed E-state index contributed by atoms with van der Waals surface area (Å²) in [6.45, 7) is 9.24. The Kier molecular flexibility index (Phi) is 26.7. The SMILES string of the molecule is CCCCCCCCCCCCCCCCCCC[n+]1ccn(CC)c1CCCCCCCCCCCCC. The lowest BCUT2D eigenvalue weighted by Crippen LogP contribution is -2.37. The molecular weight excluding hydrogens is 472 g/mol. The second-order valence-electron chi connectivity index (χ2n) is 12.6. The zero-order valence-electron chi connectivity index (χ0n) is 27.5. The smallest absolute Gasteiger partial charge is 0.235 e. The number of unbranched alkanes of at least 4 members (excludes halogenated alkanes) is 26. The Morgan fingerprint density at radius 1 is 0.436 bits per heavy atom. The van der Waals surface area contributed by atoms with Crippen LogP contribution in [0, 0.1) is 0 Å². The molecule has 0 fully saturated rings. The van der Waals surface area contributed by atoms with Crippen molar-refractivity contribution in [2.75, 3.05) is 0 Å². The number of imidazole rings is 1. The highest BCUT2D eigenvalue weighted by molar-refractivity contribution is 4.83. The minimum atomic E-state index is 1.11. The van der Waals surface area contributed by atoms with Gasteiger partial charge in [-0.3, -0.25) is 0 Å². The number of hydrogen-bond acceptors (Lipinski definition) is 0. The minimum Gasteiger partial charge on any atom is -0.235 e. The Morgan fingerprint density at radius 3 is 1.13 bits per heavy atom. The lowest BCUT2D eigenvalue weighted by molar-refractivity contribution is -0.704. The van der Waals surface area contributed by atoms with Crippen molar-refractivity contribution in [3.8, 4) is 0 Å². The van der Waals surface area contributed by atoms with Gasteiger partial charge in [0.15, 0.2) is 0 Å². The van der Waals surface area contributed by atoms with Crippen LogP contribution in [0.4, 0.5) is 0 Å². The lowest BCUT2D eigenvalue weighted by atomic mass is 10.0. The van der Waals surface area contributed by atoms with Gasteiger partial charge in [0.2, 0.25) is 0 Å². The van der Waals surface area contributed by atoms with E-state index in [9.17, 15) is 0 Å². The van der Waals surface area contributed by atoms with Gasteiger partial charge in [-0.25, -0.2) is 9.13 Å². The van der Waals surface area contributed by atoms with Gasteiger partial charge >= 0.3 is 0 Å². The van der Waals surface area contributed by atoms with Crippen LogP contribution < -0.4 is 4.57 Å². The van der Waals surface area contributed by atoms with Gasteiger partial charge in [0, 0.05) is 6.42 Å². The second kappa shape index (κ2) is 28.7. The van der Waals surface area contributed by atoms with E-state index in [1.807, 2.05) is 0 Å². The van der Waals surface area contributed by atoms with E-state index in [2.05, 4.69) is 42.3 Å². The second-order valence-corrected chi connectivity index (χ2v) is 12.6. The molecule has 0 saturated heterocycles. The van der Waals surface area contributed by atoms with Gasteiger partial charge in [-0.1, -0.05) is 174 Å². The Bertz CT molecular complexity index is 605. The summed E-state index contributed by atoms with van der Waals surface area (Å²) in [5, 5.41) is 0. The molecule has 39 heavy (non-hydrogen) atoms. The van der Waals surface area contributed by atoms with Crippen LogP contribution >= 0.6 is 0 Å². The van der Waals surface area contributed by atoms with Crippen LogP contribution in [0.15, 0.2) is 12.4 Å². The molecule has 0 radical (unpaired) electrons. The first kappa shape index (κ1) is 36.2. The van der Waals surface area contributed by atoms with E-state index >= 15 is 0 Å². The highest BCUT2D eigenvalue weighted by atomic mass is 15.1. The number of rotatable bonds is 31. The summed E-state index contributed by atoms with van der Waals surface area (Å²) < 4.78 is 5.06. The summed E-state index contributed by atoms with van der Waals surface area (Å²) in [6.07, 6.45) is 46.3. The van der Waals surface area contributed by atoms with Gasteiger partial charge in [-0.15, -0.1) is 0 Å². The topological polar surface area (TPSA) is 8.81 Å². The molecule has 1 heterocycles. The average Bonchev–Trinajstić information content (AvgIpc) is 3.34. The van der Waals surface area contributed by atoms with Crippen molar-refractivity contribution in [2.45, 2.75) is 220 Å². The third-order valence-corrected chi connectivity index (χ3v) is 8.94. The fourth-order valence-corrected chi connectivity index (χ4v) is 6.23. The number of hydrogen-bond donors (Lipinski definition) is 0. The molecule has 2 heteroatoms. The lowest BCUT2D eigenvalue weighted by Gasteiger charge is -2.06. The summed E-state index contributed by atoms with van der Waals surface area (Å²) in [5.74, 6) is 1.57. The van der Waals surface area contributed by atoms with E-state index in [0.717, 1.165) is 6.54 Å². The first-order valence-electron chi connectivity index (χ1n) is 18.4. The molecule has 0 saturated carbocycles. The van der Waals surface area contributed by atoms with E-state index in [4.69, 9.17) is 0 Å². The quantitative estimate of drug-likeness (QED) is 0.0648. The molecule has 1 aromatic heterocycles. The fourth-order valence-electron chi connectivity index (χ4n) is 6.23. The van der Waals surface area contributed by atoms with E-state index in [1.165, 1.54) is 193 Å². The summed E-state index contributed by atoms with van der Waals surface area (Å²) in [6, 6.07) is 0. The van der Waals surface area contributed by atoms with Crippen LogP contribution in [-0.4, -0.2) is 4.57 Å². The first-order chi connectivity index (χ1) is 19.3. The maximum Gasteiger partial charge on any atom is 0.256 e. The van der Waals surface area contributed by atoms with E-state index in [0.29, 0.717) is 0 Å². The predicted octanol–water partition coefficient (Wildman–Crippen LogP) is 12.3. The molecule has 0 aliphatic rings. The van der Waals surface area contributed by atoms with Crippen molar-refractivity contribution in [3.63, 3.8) is 0 Å². The van der Waals surface area contributed by atoms with Crippen LogP contribution in [0.1, 0.15) is 206 Å². The largest absolute Gasteiger partial charge is 0.256 e. The van der Waals surface area contributed by atoms with Crippen molar-refractivity contribution in [1.82, 2.24) is 4.57 Å². The molecule has 0 N–H and O–H groups in total. The zero-order chi connectivity index (χ0) is 28.1. The maximum absolute atomic E-state index is 2.57. The maximum atomic E-state index is 2.57. The van der Waals surface area contributed by atoms with Gasteiger partial charge in [0.1, 0.15) is 12.4 Å². The molecule has 1 aromatic rings. The summed E-state index contributed by atoms with van der Waals surface area (Å²) in [7, 11) is 0. The molecule has 0 amide bonds. The first-order valence-corrected chi connectivity index (χ1v) is 18.4. The van der Waals surface area contributed by atoms with Crippen molar-refractivity contribution in [1.29, 1.82) is 0 Å². The molecule has 0 bridgehead atoms. The van der Waals surface area contributed by atoms with Crippen LogP contribution in [0.5, 0.6) is 0 Å². The van der Waals surface area contributed by atoms with Gasteiger partial charge in [-0.2, -0.15) is 0 Å². The molecule has 0 unspecified atom stereocenters. The minimum absolute atomic E-state index is 1.11. The summed E-state index contributed by atoms with van der Waals surface area (Å²) >= 11 is 0. The molecule has 0 aliphatic carbocycles. The van der Waals surface area contributed by atoms with E-state index in [-0.39, 0.29) is 0 Å². The molecular formula is C37H73N2+. The van der Waals surface area contributed by atoms with Crippen molar-refractivity contribution >= 4 is 0 Å². The summed E-state index contributed by atoms with van der Waals surface area (Å²) in [4.78, 5) is 0. The Labute approximate surface area is 247 Å². The van der Waals surface area contributed by atoms with Crippen LogP contribution in [0.25, 0.3) is 0 Å². The molecule has 2 nitrogen and oxygen atoms in total. The number of aryl methyl sites for hydroxylation is 2.